The first-order valence-corrected chi connectivity index (χ1v) is 7.24. The van der Waals surface area contributed by atoms with Gasteiger partial charge in [-0.05, 0) is 49.7 Å². The monoisotopic (exact) mass is 320 g/mol. The van der Waals surface area contributed by atoms with Crippen LogP contribution in [0.5, 0.6) is 11.5 Å². The van der Waals surface area contributed by atoms with Crippen LogP contribution < -0.4 is 9.47 Å². The minimum Gasteiger partial charge on any atom is -0.491 e. The summed E-state index contributed by atoms with van der Waals surface area (Å²) >= 11 is 6.01. The van der Waals surface area contributed by atoms with Crippen molar-refractivity contribution in [1.29, 1.82) is 0 Å². The van der Waals surface area contributed by atoms with Gasteiger partial charge in [0.1, 0.15) is 18.1 Å². The Labute approximate surface area is 134 Å². The molecule has 2 aromatic carbocycles. The zero-order valence-corrected chi connectivity index (χ0v) is 13.1. The van der Waals surface area contributed by atoms with E-state index in [4.69, 9.17) is 26.2 Å². The topological polar surface area (TPSA) is 55.8 Å². The van der Waals surface area contributed by atoms with Crippen LogP contribution in [0.1, 0.15) is 29.8 Å². The predicted molar refractivity (Wildman–Crippen MR) is 84.9 cm³/mol. The van der Waals surface area contributed by atoms with Crippen molar-refractivity contribution in [2.45, 2.75) is 26.6 Å². The van der Waals surface area contributed by atoms with Crippen molar-refractivity contribution in [2.75, 3.05) is 0 Å². The summed E-state index contributed by atoms with van der Waals surface area (Å²) in [5.41, 5.74) is 1.10. The van der Waals surface area contributed by atoms with Crippen LogP contribution in [0.4, 0.5) is 0 Å². The summed E-state index contributed by atoms with van der Waals surface area (Å²) in [5.74, 6) is 0.242. The number of ether oxygens (including phenoxy) is 2. The lowest BCUT2D eigenvalue weighted by molar-refractivity contribution is 0.0697. The van der Waals surface area contributed by atoms with Crippen LogP contribution in [-0.2, 0) is 6.61 Å². The van der Waals surface area contributed by atoms with Gasteiger partial charge in [0.25, 0.3) is 0 Å². The van der Waals surface area contributed by atoms with Gasteiger partial charge in [0.05, 0.1) is 16.7 Å². The highest BCUT2D eigenvalue weighted by molar-refractivity contribution is 6.32. The number of carboxylic acids is 1. The second-order valence-corrected chi connectivity index (χ2v) is 5.46. The van der Waals surface area contributed by atoms with Crippen molar-refractivity contribution in [2.24, 2.45) is 0 Å². The number of halogens is 1. The van der Waals surface area contributed by atoms with E-state index in [0.29, 0.717) is 12.4 Å². The van der Waals surface area contributed by atoms with Crippen LogP contribution in [0.25, 0.3) is 0 Å². The number of hydrogen-bond acceptors (Lipinski definition) is 3. The molecule has 0 saturated heterocycles. The van der Waals surface area contributed by atoms with Crippen molar-refractivity contribution in [3.63, 3.8) is 0 Å². The lowest BCUT2D eigenvalue weighted by Gasteiger charge is -2.11. The average Bonchev–Trinajstić information content (AvgIpc) is 2.46. The lowest BCUT2D eigenvalue weighted by atomic mass is 10.2. The standard InChI is InChI=1S/C17H17ClO4/c1-11(2)22-14-6-3-12(4-7-14)10-21-16-8-5-13(17(19)20)9-15(16)18/h3-9,11H,10H2,1-2H3,(H,19,20). The molecule has 1 N–H and O–H groups in total. The summed E-state index contributed by atoms with van der Waals surface area (Å²) in [6.07, 6.45) is 0.133. The van der Waals surface area contributed by atoms with E-state index in [1.807, 2.05) is 38.1 Å². The first-order chi connectivity index (χ1) is 10.5. The molecule has 0 spiro atoms. The highest BCUT2D eigenvalue weighted by atomic mass is 35.5. The lowest BCUT2D eigenvalue weighted by Crippen LogP contribution is -2.05. The number of carbonyl (C=O) groups is 1. The van der Waals surface area contributed by atoms with Gasteiger partial charge in [-0.15, -0.1) is 0 Å². The van der Waals surface area contributed by atoms with Crippen molar-refractivity contribution < 1.29 is 19.4 Å². The molecule has 0 fully saturated rings. The number of benzene rings is 2. The molecule has 0 aromatic heterocycles. The maximum atomic E-state index is 10.8. The van der Waals surface area contributed by atoms with Gasteiger partial charge in [-0.1, -0.05) is 23.7 Å². The quantitative estimate of drug-likeness (QED) is 0.856. The summed E-state index contributed by atoms with van der Waals surface area (Å²) in [5, 5.41) is 9.16. The highest BCUT2D eigenvalue weighted by Gasteiger charge is 2.08. The zero-order valence-electron chi connectivity index (χ0n) is 12.4. The normalized spacial score (nSPS) is 10.5. The molecular formula is C17H17ClO4. The fourth-order valence-corrected chi connectivity index (χ4v) is 2.08. The summed E-state index contributed by atoms with van der Waals surface area (Å²) in [7, 11) is 0. The first kappa shape index (κ1) is 16.2. The molecule has 0 amide bonds. The third-order valence-electron chi connectivity index (χ3n) is 2.87. The maximum Gasteiger partial charge on any atom is 0.335 e. The number of hydrogen-bond donors (Lipinski definition) is 1. The molecule has 0 radical (unpaired) electrons. The molecule has 0 saturated carbocycles. The number of rotatable bonds is 6. The molecule has 4 nitrogen and oxygen atoms in total. The summed E-state index contributed by atoms with van der Waals surface area (Å²) in [6, 6.07) is 12.0. The molecule has 0 unspecified atom stereocenters. The third-order valence-corrected chi connectivity index (χ3v) is 3.16. The molecule has 2 rings (SSSR count). The highest BCUT2D eigenvalue weighted by Crippen LogP contribution is 2.26. The SMILES string of the molecule is CC(C)Oc1ccc(COc2ccc(C(=O)O)cc2Cl)cc1. The molecule has 0 aliphatic carbocycles. The second kappa shape index (κ2) is 7.18. The summed E-state index contributed by atoms with van der Waals surface area (Å²) in [6.45, 7) is 4.29. The number of aromatic carboxylic acids is 1. The van der Waals surface area contributed by atoms with E-state index in [-0.39, 0.29) is 16.7 Å². The van der Waals surface area contributed by atoms with Crippen LogP contribution in [0.2, 0.25) is 5.02 Å². The van der Waals surface area contributed by atoms with Crippen molar-refractivity contribution in [1.82, 2.24) is 0 Å². The van der Waals surface area contributed by atoms with E-state index < -0.39 is 5.97 Å². The smallest absolute Gasteiger partial charge is 0.335 e. The fraction of sp³-hybridized carbons (Fsp3) is 0.235. The molecule has 0 aliphatic heterocycles. The van der Waals surface area contributed by atoms with Crippen LogP contribution in [0.15, 0.2) is 42.5 Å². The van der Waals surface area contributed by atoms with Crippen molar-refractivity contribution in [3.8, 4) is 11.5 Å². The van der Waals surface area contributed by atoms with E-state index in [1.165, 1.54) is 12.1 Å². The Balaban J connectivity index is 1.99. The van der Waals surface area contributed by atoms with Gasteiger partial charge >= 0.3 is 5.97 Å². The second-order valence-electron chi connectivity index (χ2n) is 5.05. The van der Waals surface area contributed by atoms with E-state index in [1.54, 1.807) is 6.07 Å². The van der Waals surface area contributed by atoms with Gasteiger partial charge < -0.3 is 14.6 Å². The Bertz CT molecular complexity index is 650. The van der Waals surface area contributed by atoms with Crippen molar-refractivity contribution in [3.05, 3.63) is 58.6 Å². The first-order valence-electron chi connectivity index (χ1n) is 6.87. The largest absolute Gasteiger partial charge is 0.491 e. The molecule has 116 valence electrons. The molecule has 5 heteroatoms. The Morgan fingerprint density at radius 2 is 1.86 bits per heavy atom. The zero-order chi connectivity index (χ0) is 16.1. The van der Waals surface area contributed by atoms with Crippen LogP contribution >= 0.6 is 11.6 Å². The molecular weight excluding hydrogens is 304 g/mol. The minimum absolute atomic E-state index is 0.132. The van der Waals surface area contributed by atoms with Gasteiger partial charge in [0.15, 0.2) is 0 Å². The van der Waals surface area contributed by atoms with Crippen molar-refractivity contribution >= 4 is 17.6 Å². The third kappa shape index (κ3) is 4.40. The molecule has 0 bridgehead atoms. The molecule has 2 aromatic rings. The summed E-state index contributed by atoms with van der Waals surface area (Å²) in [4.78, 5) is 10.8. The van der Waals surface area contributed by atoms with E-state index >= 15 is 0 Å². The molecule has 0 atom stereocenters. The Morgan fingerprint density at radius 1 is 1.18 bits per heavy atom. The van der Waals surface area contributed by atoms with Gasteiger partial charge in [-0.2, -0.15) is 0 Å². The van der Waals surface area contributed by atoms with Crippen LogP contribution in [0.3, 0.4) is 0 Å². The van der Waals surface area contributed by atoms with Gasteiger partial charge in [-0.25, -0.2) is 4.79 Å². The Hall–Kier alpha value is -2.20. The minimum atomic E-state index is -1.02. The van der Waals surface area contributed by atoms with Crippen LogP contribution in [-0.4, -0.2) is 17.2 Å². The number of carboxylic acid groups (broad SMARTS) is 1. The molecule has 22 heavy (non-hydrogen) atoms. The average molecular weight is 321 g/mol. The van der Waals surface area contributed by atoms with Gasteiger partial charge in [0.2, 0.25) is 0 Å². The maximum absolute atomic E-state index is 10.8. The van der Waals surface area contributed by atoms with E-state index in [2.05, 4.69) is 0 Å². The molecule has 0 heterocycles. The van der Waals surface area contributed by atoms with Gasteiger partial charge in [-0.3, -0.25) is 0 Å². The van der Waals surface area contributed by atoms with Gasteiger partial charge in [0, 0.05) is 0 Å². The summed E-state index contributed by atoms with van der Waals surface area (Å²) < 4.78 is 11.2. The Morgan fingerprint density at radius 3 is 2.41 bits per heavy atom. The fourth-order valence-electron chi connectivity index (χ4n) is 1.85. The van der Waals surface area contributed by atoms with E-state index in [0.717, 1.165) is 11.3 Å². The molecule has 0 aliphatic rings. The van der Waals surface area contributed by atoms with Crippen LogP contribution in [0, 0.1) is 0 Å². The Kier molecular flexibility index (Phi) is 5.28. The predicted octanol–water partition coefficient (Wildman–Crippen LogP) is 4.40. The van der Waals surface area contributed by atoms with E-state index in [9.17, 15) is 4.79 Å².